The molecule has 1 N–H and O–H groups in total. The highest BCUT2D eigenvalue weighted by atomic mass is 16.7. The first-order chi connectivity index (χ1) is 10.3. The van der Waals surface area contributed by atoms with Crippen LogP contribution in [0.4, 0.5) is 0 Å². The van der Waals surface area contributed by atoms with Crippen LogP contribution in [-0.2, 0) is 13.0 Å². The Hall–Kier alpha value is -2.50. The Bertz CT molecular complexity index is 695. The van der Waals surface area contributed by atoms with Gasteiger partial charge in [-0.05, 0) is 24.6 Å². The molecule has 0 fully saturated rings. The molecule has 0 spiro atoms. The third-order valence-electron chi connectivity index (χ3n) is 3.94. The SMILES string of the molecule is O=C(NC1CCn2cncc2C1)c1ccc2c(c1)OCO2. The summed E-state index contributed by atoms with van der Waals surface area (Å²) >= 11 is 0. The van der Waals surface area contributed by atoms with Gasteiger partial charge in [-0.15, -0.1) is 0 Å². The molecule has 1 amide bonds. The molecule has 3 heterocycles. The number of carbonyl (C=O) groups excluding carboxylic acids is 1. The van der Waals surface area contributed by atoms with E-state index in [9.17, 15) is 4.79 Å². The molecular weight excluding hydrogens is 270 g/mol. The summed E-state index contributed by atoms with van der Waals surface area (Å²) in [5.41, 5.74) is 1.76. The fourth-order valence-electron chi connectivity index (χ4n) is 2.80. The van der Waals surface area contributed by atoms with E-state index in [1.165, 1.54) is 0 Å². The molecule has 1 aromatic heterocycles. The zero-order chi connectivity index (χ0) is 14.2. The number of hydrogen-bond donors (Lipinski definition) is 1. The Morgan fingerprint density at radius 3 is 3.19 bits per heavy atom. The smallest absolute Gasteiger partial charge is 0.251 e. The zero-order valence-corrected chi connectivity index (χ0v) is 11.4. The summed E-state index contributed by atoms with van der Waals surface area (Å²) in [7, 11) is 0. The van der Waals surface area contributed by atoms with Gasteiger partial charge in [-0.1, -0.05) is 0 Å². The highest BCUT2D eigenvalue weighted by molar-refractivity contribution is 5.95. The molecule has 6 heteroatoms. The number of nitrogens with one attached hydrogen (secondary N) is 1. The number of imidazole rings is 1. The molecule has 1 aromatic carbocycles. The van der Waals surface area contributed by atoms with Gasteiger partial charge in [0.15, 0.2) is 11.5 Å². The maximum Gasteiger partial charge on any atom is 0.251 e. The van der Waals surface area contributed by atoms with Gasteiger partial charge in [-0.3, -0.25) is 4.79 Å². The van der Waals surface area contributed by atoms with Crippen molar-refractivity contribution in [1.29, 1.82) is 0 Å². The molecule has 2 aliphatic heterocycles. The van der Waals surface area contributed by atoms with Gasteiger partial charge >= 0.3 is 0 Å². The Labute approximate surface area is 121 Å². The van der Waals surface area contributed by atoms with Crippen molar-refractivity contribution in [2.45, 2.75) is 25.4 Å². The maximum atomic E-state index is 12.3. The summed E-state index contributed by atoms with van der Waals surface area (Å²) < 4.78 is 12.7. The molecule has 21 heavy (non-hydrogen) atoms. The van der Waals surface area contributed by atoms with Gasteiger partial charge in [-0.2, -0.15) is 0 Å². The third kappa shape index (κ3) is 2.22. The van der Waals surface area contributed by atoms with Crippen LogP contribution in [0.1, 0.15) is 22.5 Å². The van der Waals surface area contributed by atoms with Crippen LogP contribution in [0.3, 0.4) is 0 Å². The van der Waals surface area contributed by atoms with E-state index in [-0.39, 0.29) is 18.7 Å². The van der Waals surface area contributed by atoms with Crippen molar-refractivity contribution in [3.63, 3.8) is 0 Å². The molecule has 1 atom stereocenters. The standard InChI is InChI=1S/C15H15N3O3/c19-15(10-1-2-13-14(5-10)21-9-20-13)17-11-3-4-18-8-16-7-12(18)6-11/h1-2,5,7-8,11H,3-4,6,9H2,(H,17,19). The van der Waals surface area contributed by atoms with Gasteiger partial charge in [0, 0.05) is 36.5 Å². The lowest BCUT2D eigenvalue weighted by Gasteiger charge is -2.24. The molecule has 0 aliphatic carbocycles. The van der Waals surface area contributed by atoms with Gasteiger partial charge in [0.1, 0.15) is 0 Å². The second-order valence-electron chi connectivity index (χ2n) is 5.31. The minimum Gasteiger partial charge on any atom is -0.454 e. The minimum atomic E-state index is -0.0775. The average Bonchev–Trinajstić information content (AvgIpc) is 3.14. The first-order valence-electron chi connectivity index (χ1n) is 6.99. The fourth-order valence-corrected chi connectivity index (χ4v) is 2.80. The third-order valence-corrected chi connectivity index (χ3v) is 3.94. The van der Waals surface area contributed by atoms with E-state index in [4.69, 9.17) is 9.47 Å². The van der Waals surface area contributed by atoms with Gasteiger partial charge in [0.2, 0.25) is 6.79 Å². The lowest BCUT2D eigenvalue weighted by molar-refractivity contribution is 0.0930. The van der Waals surface area contributed by atoms with Gasteiger partial charge < -0.3 is 19.4 Å². The summed E-state index contributed by atoms with van der Waals surface area (Å²) in [6.45, 7) is 1.11. The number of ether oxygens (including phenoxy) is 2. The monoisotopic (exact) mass is 285 g/mol. The quantitative estimate of drug-likeness (QED) is 0.904. The molecule has 0 saturated carbocycles. The number of rotatable bonds is 2. The van der Waals surface area contributed by atoms with Gasteiger partial charge in [0.05, 0.1) is 6.33 Å². The lowest BCUT2D eigenvalue weighted by Crippen LogP contribution is -2.39. The Morgan fingerprint density at radius 2 is 2.24 bits per heavy atom. The highest BCUT2D eigenvalue weighted by Gasteiger charge is 2.22. The number of aryl methyl sites for hydroxylation is 1. The summed E-state index contributed by atoms with van der Waals surface area (Å²) in [6.07, 6.45) is 5.43. The van der Waals surface area contributed by atoms with Crippen molar-refractivity contribution in [2.24, 2.45) is 0 Å². The van der Waals surface area contributed by atoms with E-state index in [1.807, 2.05) is 12.5 Å². The molecule has 0 bridgehead atoms. The summed E-state index contributed by atoms with van der Waals surface area (Å²) in [4.78, 5) is 16.5. The fraction of sp³-hybridized carbons (Fsp3) is 0.333. The number of nitrogens with zero attached hydrogens (tertiary/aromatic N) is 2. The van der Waals surface area contributed by atoms with E-state index in [0.29, 0.717) is 17.1 Å². The van der Waals surface area contributed by atoms with Crippen molar-refractivity contribution >= 4 is 5.91 Å². The average molecular weight is 285 g/mol. The molecule has 6 nitrogen and oxygen atoms in total. The van der Waals surface area contributed by atoms with Crippen molar-refractivity contribution in [3.8, 4) is 11.5 Å². The number of aromatic nitrogens is 2. The molecule has 2 aliphatic rings. The van der Waals surface area contributed by atoms with Crippen LogP contribution in [0.2, 0.25) is 0 Å². The topological polar surface area (TPSA) is 65.4 Å². The highest BCUT2D eigenvalue weighted by Crippen LogP contribution is 2.32. The number of hydrogen-bond acceptors (Lipinski definition) is 4. The van der Waals surface area contributed by atoms with Crippen molar-refractivity contribution in [1.82, 2.24) is 14.9 Å². The predicted octanol–water partition coefficient (Wildman–Crippen LogP) is 1.36. The van der Waals surface area contributed by atoms with Crippen LogP contribution < -0.4 is 14.8 Å². The first-order valence-corrected chi connectivity index (χ1v) is 6.99. The predicted molar refractivity (Wildman–Crippen MR) is 74.4 cm³/mol. The number of amides is 1. The minimum absolute atomic E-state index is 0.0775. The Morgan fingerprint density at radius 1 is 1.33 bits per heavy atom. The van der Waals surface area contributed by atoms with Crippen molar-refractivity contribution in [3.05, 3.63) is 42.0 Å². The van der Waals surface area contributed by atoms with Crippen LogP contribution in [0.15, 0.2) is 30.7 Å². The van der Waals surface area contributed by atoms with Crippen LogP contribution >= 0.6 is 0 Å². The van der Waals surface area contributed by atoms with E-state index < -0.39 is 0 Å². The number of benzene rings is 1. The van der Waals surface area contributed by atoms with Crippen LogP contribution in [-0.4, -0.2) is 28.3 Å². The second kappa shape index (κ2) is 4.80. The van der Waals surface area contributed by atoms with E-state index >= 15 is 0 Å². The molecule has 108 valence electrons. The van der Waals surface area contributed by atoms with E-state index in [0.717, 1.165) is 25.1 Å². The van der Waals surface area contributed by atoms with E-state index in [1.54, 1.807) is 18.2 Å². The Kier molecular flexibility index (Phi) is 2.80. The number of carbonyl (C=O) groups is 1. The van der Waals surface area contributed by atoms with Crippen LogP contribution in [0, 0.1) is 0 Å². The summed E-state index contributed by atoms with van der Waals surface area (Å²) in [5, 5.41) is 3.08. The zero-order valence-electron chi connectivity index (χ0n) is 11.4. The summed E-state index contributed by atoms with van der Waals surface area (Å²) in [6, 6.07) is 5.40. The molecule has 0 saturated heterocycles. The van der Waals surface area contributed by atoms with Crippen LogP contribution in [0.25, 0.3) is 0 Å². The number of fused-ring (bicyclic) bond motifs is 2. The molecule has 4 rings (SSSR count). The second-order valence-corrected chi connectivity index (χ2v) is 5.31. The van der Waals surface area contributed by atoms with E-state index in [2.05, 4.69) is 14.9 Å². The van der Waals surface area contributed by atoms with Gasteiger partial charge in [-0.25, -0.2) is 4.98 Å². The Balaban J connectivity index is 1.47. The molecule has 1 unspecified atom stereocenters. The summed E-state index contributed by atoms with van der Waals surface area (Å²) in [5.74, 6) is 1.24. The maximum absolute atomic E-state index is 12.3. The normalized spacial score (nSPS) is 19.1. The molecule has 0 radical (unpaired) electrons. The lowest BCUT2D eigenvalue weighted by atomic mass is 10.0. The largest absolute Gasteiger partial charge is 0.454 e. The van der Waals surface area contributed by atoms with Crippen molar-refractivity contribution in [2.75, 3.05) is 6.79 Å². The molecular formula is C15H15N3O3. The van der Waals surface area contributed by atoms with Crippen LogP contribution in [0.5, 0.6) is 11.5 Å². The van der Waals surface area contributed by atoms with Crippen molar-refractivity contribution < 1.29 is 14.3 Å². The first kappa shape index (κ1) is 12.3. The van der Waals surface area contributed by atoms with Gasteiger partial charge in [0.25, 0.3) is 5.91 Å². The molecule has 2 aromatic rings.